The Bertz CT molecular complexity index is 673. The first-order valence-corrected chi connectivity index (χ1v) is 7.79. The quantitative estimate of drug-likeness (QED) is 0.812. The van der Waals surface area contributed by atoms with Gasteiger partial charge in [0.25, 0.3) is 11.1 Å². The van der Waals surface area contributed by atoms with Crippen molar-refractivity contribution in [1.29, 1.82) is 0 Å². The van der Waals surface area contributed by atoms with Gasteiger partial charge in [0.1, 0.15) is 0 Å². The van der Waals surface area contributed by atoms with Gasteiger partial charge in [-0.3, -0.25) is 4.79 Å². The zero-order chi connectivity index (χ0) is 16.9. The van der Waals surface area contributed by atoms with E-state index in [1.165, 1.54) is 23.9 Å². The van der Waals surface area contributed by atoms with Gasteiger partial charge in [-0.15, -0.1) is 10.2 Å². The molecule has 0 unspecified atom stereocenters. The summed E-state index contributed by atoms with van der Waals surface area (Å²) in [6, 6.07) is 4.20. The predicted octanol–water partition coefficient (Wildman–Crippen LogP) is 3.52. The smallest absolute Gasteiger partial charge is 0.414 e. The minimum absolute atomic E-state index is 0.0469. The van der Waals surface area contributed by atoms with E-state index in [1.807, 2.05) is 6.92 Å². The van der Waals surface area contributed by atoms with Crippen LogP contribution in [0, 0.1) is 0 Å². The van der Waals surface area contributed by atoms with E-state index in [1.54, 1.807) is 0 Å². The Kier molecular flexibility index (Phi) is 5.64. The highest BCUT2D eigenvalue weighted by molar-refractivity contribution is 7.99. The molecule has 1 N–H and O–H groups in total. The van der Waals surface area contributed by atoms with Crippen LogP contribution in [0.15, 0.2) is 33.9 Å². The molecule has 0 saturated heterocycles. The molecule has 5 nitrogen and oxygen atoms in total. The summed E-state index contributed by atoms with van der Waals surface area (Å²) >= 11 is 1.40. The van der Waals surface area contributed by atoms with Crippen LogP contribution < -0.4 is 5.32 Å². The summed E-state index contributed by atoms with van der Waals surface area (Å²) in [6.07, 6.45) is -3.54. The standard InChI is InChI=1S/C14H14F3N3O2S/c1-2-6-23-13-20-19-11(22-13)8-18-12(21)9-4-3-5-10(7-9)14(15,16)17/h3-5,7H,2,6,8H2,1H3,(H,18,21). The maximum Gasteiger partial charge on any atom is 0.416 e. The molecule has 2 rings (SSSR count). The molecule has 0 aliphatic rings. The third-order valence-electron chi connectivity index (χ3n) is 2.73. The number of hydrogen-bond donors (Lipinski definition) is 1. The Hall–Kier alpha value is -2.03. The molecule has 2 aromatic rings. The van der Waals surface area contributed by atoms with Crippen molar-refractivity contribution in [2.75, 3.05) is 5.75 Å². The number of benzene rings is 1. The van der Waals surface area contributed by atoms with Crippen LogP contribution in [0.3, 0.4) is 0 Å². The molecule has 23 heavy (non-hydrogen) atoms. The normalized spacial score (nSPS) is 11.5. The lowest BCUT2D eigenvalue weighted by Crippen LogP contribution is -2.23. The van der Waals surface area contributed by atoms with Crippen molar-refractivity contribution >= 4 is 17.7 Å². The molecule has 9 heteroatoms. The van der Waals surface area contributed by atoms with Crippen LogP contribution in [0.1, 0.15) is 35.2 Å². The number of nitrogens with one attached hydrogen (secondary N) is 1. The second-order valence-electron chi connectivity index (χ2n) is 4.57. The topological polar surface area (TPSA) is 68.0 Å². The first-order chi connectivity index (χ1) is 10.9. The monoisotopic (exact) mass is 345 g/mol. The van der Waals surface area contributed by atoms with Crippen LogP contribution in [0.2, 0.25) is 0 Å². The first kappa shape index (κ1) is 17.3. The highest BCUT2D eigenvalue weighted by atomic mass is 32.2. The van der Waals surface area contributed by atoms with Gasteiger partial charge in [-0.1, -0.05) is 24.8 Å². The van der Waals surface area contributed by atoms with Gasteiger partial charge in [-0.05, 0) is 24.6 Å². The molecule has 1 aromatic carbocycles. The third-order valence-corrected chi connectivity index (χ3v) is 3.75. The minimum Gasteiger partial charge on any atom is -0.414 e. The molecule has 0 fully saturated rings. The Labute approximate surface area is 134 Å². The van der Waals surface area contributed by atoms with Crippen molar-refractivity contribution in [3.8, 4) is 0 Å². The summed E-state index contributed by atoms with van der Waals surface area (Å²) < 4.78 is 43.2. The molecule has 1 heterocycles. The Balaban J connectivity index is 1.96. The number of carbonyl (C=O) groups excluding carboxylic acids is 1. The van der Waals surface area contributed by atoms with Gasteiger partial charge in [0.2, 0.25) is 5.89 Å². The van der Waals surface area contributed by atoms with E-state index >= 15 is 0 Å². The molecule has 1 amide bonds. The zero-order valence-electron chi connectivity index (χ0n) is 12.2. The van der Waals surface area contributed by atoms with Crippen molar-refractivity contribution in [3.05, 3.63) is 41.3 Å². The number of rotatable bonds is 6. The van der Waals surface area contributed by atoms with E-state index < -0.39 is 17.6 Å². The SMILES string of the molecule is CCCSc1nnc(CNC(=O)c2cccc(C(F)(F)F)c2)o1. The van der Waals surface area contributed by atoms with E-state index in [0.29, 0.717) is 5.22 Å². The first-order valence-electron chi connectivity index (χ1n) is 6.80. The lowest BCUT2D eigenvalue weighted by atomic mass is 10.1. The number of nitrogens with zero attached hydrogens (tertiary/aromatic N) is 2. The third kappa shape index (κ3) is 4.98. The van der Waals surface area contributed by atoms with Crippen LogP contribution in [-0.4, -0.2) is 21.9 Å². The zero-order valence-corrected chi connectivity index (χ0v) is 13.0. The van der Waals surface area contributed by atoms with Gasteiger partial charge in [0.15, 0.2) is 0 Å². The van der Waals surface area contributed by atoms with Crippen LogP contribution in [0.5, 0.6) is 0 Å². The maximum atomic E-state index is 12.6. The van der Waals surface area contributed by atoms with E-state index in [2.05, 4.69) is 15.5 Å². The molecule has 1 aromatic heterocycles. The van der Waals surface area contributed by atoms with Crippen LogP contribution in [-0.2, 0) is 12.7 Å². The molecule has 0 bridgehead atoms. The van der Waals surface area contributed by atoms with Gasteiger partial charge < -0.3 is 9.73 Å². The highest BCUT2D eigenvalue weighted by Gasteiger charge is 2.30. The fourth-order valence-electron chi connectivity index (χ4n) is 1.65. The summed E-state index contributed by atoms with van der Waals surface area (Å²) in [5.74, 6) is 0.388. The molecule has 0 saturated carbocycles. The summed E-state index contributed by atoms with van der Waals surface area (Å²) in [5, 5.41) is 10.4. The van der Waals surface area contributed by atoms with Crippen molar-refractivity contribution in [3.63, 3.8) is 0 Å². The number of carbonyl (C=O) groups is 1. The maximum absolute atomic E-state index is 12.6. The summed E-state index contributed by atoms with van der Waals surface area (Å²) in [4.78, 5) is 11.9. The second kappa shape index (κ2) is 7.49. The van der Waals surface area contributed by atoms with E-state index in [9.17, 15) is 18.0 Å². The van der Waals surface area contributed by atoms with Gasteiger partial charge in [0.05, 0.1) is 12.1 Å². The molecule has 124 valence electrons. The number of amides is 1. The predicted molar refractivity (Wildman–Crippen MR) is 77.9 cm³/mol. The number of alkyl halides is 3. The fraction of sp³-hybridized carbons (Fsp3) is 0.357. The summed E-state index contributed by atoms with van der Waals surface area (Å²) in [7, 11) is 0. The molecule has 0 radical (unpaired) electrons. The molecule has 0 spiro atoms. The molecule has 0 aliphatic heterocycles. The van der Waals surface area contributed by atoms with Gasteiger partial charge in [0, 0.05) is 11.3 Å². The fourth-order valence-corrected chi connectivity index (χ4v) is 2.28. The van der Waals surface area contributed by atoms with Crippen molar-refractivity contribution in [1.82, 2.24) is 15.5 Å². The highest BCUT2D eigenvalue weighted by Crippen LogP contribution is 2.29. The Morgan fingerprint density at radius 2 is 2.13 bits per heavy atom. The van der Waals surface area contributed by atoms with Crippen LogP contribution in [0.25, 0.3) is 0 Å². The number of aromatic nitrogens is 2. The molecule has 0 atom stereocenters. The summed E-state index contributed by atoms with van der Waals surface area (Å²) in [5.41, 5.74) is -0.957. The van der Waals surface area contributed by atoms with Gasteiger partial charge >= 0.3 is 6.18 Å². The van der Waals surface area contributed by atoms with Crippen molar-refractivity contribution in [2.45, 2.75) is 31.3 Å². The largest absolute Gasteiger partial charge is 0.416 e. The lowest BCUT2D eigenvalue weighted by Gasteiger charge is -2.08. The van der Waals surface area contributed by atoms with E-state index in [0.717, 1.165) is 24.3 Å². The minimum atomic E-state index is -4.49. The van der Waals surface area contributed by atoms with Gasteiger partial charge in [-0.25, -0.2) is 0 Å². The van der Waals surface area contributed by atoms with Gasteiger partial charge in [-0.2, -0.15) is 13.2 Å². The molecule has 0 aliphatic carbocycles. The second-order valence-corrected chi connectivity index (χ2v) is 5.62. The summed E-state index contributed by atoms with van der Waals surface area (Å²) in [6.45, 7) is 1.97. The average molecular weight is 345 g/mol. The number of hydrogen-bond acceptors (Lipinski definition) is 5. The number of halogens is 3. The average Bonchev–Trinajstić information content (AvgIpc) is 2.98. The Morgan fingerprint density at radius 1 is 1.35 bits per heavy atom. The van der Waals surface area contributed by atoms with Crippen molar-refractivity contribution in [2.24, 2.45) is 0 Å². The van der Waals surface area contributed by atoms with E-state index in [-0.39, 0.29) is 18.0 Å². The Morgan fingerprint density at radius 3 is 2.83 bits per heavy atom. The van der Waals surface area contributed by atoms with Crippen molar-refractivity contribution < 1.29 is 22.4 Å². The van der Waals surface area contributed by atoms with Crippen LogP contribution in [0.4, 0.5) is 13.2 Å². The van der Waals surface area contributed by atoms with Crippen LogP contribution >= 0.6 is 11.8 Å². The lowest BCUT2D eigenvalue weighted by molar-refractivity contribution is -0.137. The molecular weight excluding hydrogens is 331 g/mol. The van der Waals surface area contributed by atoms with E-state index in [4.69, 9.17) is 4.42 Å². The number of thioether (sulfide) groups is 1. The molecular formula is C14H14F3N3O2S.